The highest BCUT2D eigenvalue weighted by atomic mass is 19.3. The van der Waals surface area contributed by atoms with E-state index in [-0.39, 0.29) is 17.5 Å². The normalized spacial score (nSPS) is 11.0. The summed E-state index contributed by atoms with van der Waals surface area (Å²) in [5.74, 6) is -0.565. The van der Waals surface area contributed by atoms with E-state index in [2.05, 4.69) is 10.1 Å². The fourth-order valence-corrected chi connectivity index (χ4v) is 2.01. The smallest absolute Gasteiger partial charge is 0.387 e. The summed E-state index contributed by atoms with van der Waals surface area (Å²) in [7, 11) is 0. The highest BCUT2D eigenvalue weighted by Gasteiger charge is 2.03. The van der Waals surface area contributed by atoms with Gasteiger partial charge in [0, 0.05) is 12.6 Å². The van der Waals surface area contributed by atoms with Crippen molar-refractivity contribution in [3.8, 4) is 5.75 Å². The van der Waals surface area contributed by atoms with Gasteiger partial charge >= 0.3 is 6.61 Å². The molecule has 0 bridgehead atoms. The maximum absolute atomic E-state index is 13.0. The zero-order chi connectivity index (χ0) is 17.4. The first kappa shape index (κ1) is 17.6. The summed E-state index contributed by atoms with van der Waals surface area (Å²) in [5.41, 5.74) is 1.48. The predicted octanol–water partition coefficient (Wildman–Crippen LogP) is 3.80. The van der Waals surface area contributed by atoms with Crippen molar-refractivity contribution in [2.75, 3.05) is 6.54 Å². The Kier molecular flexibility index (Phi) is 6.42. The fourth-order valence-electron chi connectivity index (χ4n) is 2.01. The molecule has 0 aromatic heterocycles. The summed E-state index contributed by atoms with van der Waals surface area (Å²) in [6.45, 7) is -2.46. The third-order valence-electron chi connectivity index (χ3n) is 3.14. The van der Waals surface area contributed by atoms with E-state index in [1.807, 2.05) is 0 Å². The van der Waals surface area contributed by atoms with Crippen molar-refractivity contribution < 1.29 is 22.7 Å². The molecule has 24 heavy (non-hydrogen) atoms. The number of hydrogen-bond donors (Lipinski definition) is 1. The van der Waals surface area contributed by atoms with Crippen LogP contribution in [-0.2, 0) is 11.2 Å². The van der Waals surface area contributed by atoms with Crippen LogP contribution in [0, 0.1) is 5.82 Å². The molecule has 126 valence electrons. The minimum atomic E-state index is -2.85. The number of nitrogens with one attached hydrogen (secondary N) is 1. The molecule has 6 heteroatoms. The molecule has 0 unspecified atom stereocenters. The lowest BCUT2D eigenvalue weighted by Gasteiger charge is -2.06. The van der Waals surface area contributed by atoms with Crippen LogP contribution in [0.1, 0.15) is 11.1 Å². The Morgan fingerprint density at radius 1 is 1.17 bits per heavy atom. The first-order valence-corrected chi connectivity index (χ1v) is 7.28. The van der Waals surface area contributed by atoms with Gasteiger partial charge in [-0.2, -0.15) is 8.78 Å². The zero-order valence-electron chi connectivity index (χ0n) is 12.7. The topological polar surface area (TPSA) is 38.3 Å². The number of ether oxygens (including phenoxy) is 1. The number of halogens is 3. The maximum Gasteiger partial charge on any atom is 0.387 e. The molecule has 0 fully saturated rings. The van der Waals surface area contributed by atoms with Crippen LogP contribution >= 0.6 is 0 Å². The minimum Gasteiger partial charge on any atom is -0.435 e. The zero-order valence-corrected chi connectivity index (χ0v) is 12.7. The second-order valence-corrected chi connectivity index (χ2v) is 4.95. The van der Waals surface area contributed by atoms with Gasteiger partial charge in [-0.15, -0.1) is 0 Å². The Balaban J connectivity index is 1.76. The third-order valence-corrected chi connectivity index (χ3v) is 3.14. The lowest BCUT2D eigenvalue weighted by molar-refractivity contribution is -0.116. The first-order valence-electron chi connectivity index (χ1n) is 7.28. The van der Waals surface area contributed by atoms with Gasteiger partial charge in [-0.1, -0.05) is 24.3 Å². The van der Waals surface area contributed by atoms with Crippen LogP contribution in [0.3, 0.4) is 0 Å². The quantitative estimate of drug-likeness (QED) is 0.782. The van der Waals surface area contributed by atoms with E-state index in [1.165, 1.54) is 36.4 Å². The van der Waals surface area contributed by atoms with Gasteiger partial charge in [0.25, 0.3) is 0 Å². The van der Waals surface area contributed by atoms with Crippen LogP contribution < -0.4 is 10.1 Å². The number of amides is 1. The van der Waals surface area contributed by atoms with Crippen molar-refractivity contribution in [1.29, 1.82) is 0 Å². The van der Waals surface area contributed by atoms with E-state index in [0.29, 0.717) is 18.5 Å². The summed E-state index contributed by atoms with van der Waals surface area (Å²) >= 11 is 0. The summed E-state index contributed by atoms with van der Waals surface area (Å²) in [6.07, 6.45) is 3.40. The molecule has 0 spiro atoms. The number of carbonyl (C=O) groups excluding carboxylic acids is 1. The summed E-state index contributed by atoms with van der Waals surface area (Å²) < 4.78 is 41.3. The van der Waals surface area contributed by atoms with Gasteiger partial charge in [0.1, 0.15) is 11.6 Å². The van der Waals surface area contributed by atoms with Gasteiger partial charge in [-0.3, -0.25) is 4.79 Å². The molecule has 0 atom stereocenters. The van der Waals surface area contributed by atoms with E-state index < -0.39 is 6.61 Å². The standard InChI is InChI=1S/C18H16F3NO2/c19-15-3-1-2-14(12-15)6-9-17(23)22-11-10-13-4-7-16(8-5-13)24-18(20)21/h1-9,12,18H,10-11H2,(H,22,23)/b9-6+. The van der Waals surface area contributed by atoms with Crippen molar-refractivity contribution in [3.05, 3.63) is 71.6 Å². The summed E-state index contributed by atoms with van der Waals surface area (Å²) in [4.78, 5) is 11.7. The molecule has 2 aromatic carbocycles. The van der Waals surface area contributed by atoms with Gasteiger partial charge in [-0.05, 0) is 47.9 Å². The molecule has 0 aliphatic carbocycles. The van der Waals surface area contributed by atoms with Crippen LogP contribution in [0.2, 0.25) is 0 Å². The van der Waals surface area contributed by atoms with Crippen molar-refractivity contribution in [2.45, 2.75) is 13.0 Å². The molecule has 0 saturated carbocycles. The number of carbonyl (C=O) groups is 1. The Morgan fingerprint density at radius 3 is 2.58 bits per heavy atom. The van der Waals surface area contributed by atoms with E-state index in [9.17, 15) is 18.0 Å². The molecule has 0 saturated heterocycles. The molecular weight excluding hydrogens is 319 g/mol. The molecule has 0 heterocycles. The van der Waals surface area contributed by atoms with Gasteiger partial charge in [0.2, 0.25) is 5.91 Å². The molecule has 0 radical (unpaired) electrons. The molecule has 0 aliphatic heterocycles. The number of rotatable bonds is 7. The maximum atomic E-state index is 13.0. The number of alkyl halides is 2. The monoisotopic (exact) mass is 335 g/mol. The van der Waals surface area contributed by atoms with Crippen LogP contribution in [0.5, 0.6) is 5.75 Å². The van der Waals surface area contributed by atoms with E-state index in [1.54, 1.807) is 24.3 Å². The van der Waals surface area contributed by atoms with Crippen LogP contribution in [0.15, 0.2) is 54.6 Å². The third kappa shape index (κ3) is 6.16. The Bertz CT molecular complexity index is 700. The SMILES string of the molecule is O=C(/C=C/c1cccc(F)c1)NCCc1ccc(OC(F)F)cc1. The largest absolute Gasteiger partial charge is 0.435 e. The molecule has 3 nitrogen and oxygen atoms in total. The minimum absolute atomic E-state index is 0.0933. The Morgan fingerprint density at radius 2 is 1.92 bits per heavy atom. The van der Waals surface area contributed by atoms with Gasteiger partial charge in [0.15, 0.2) is 0 Å². The van der Waals surface area contributed by atoms with E-state index >= 15 is 0 Å². The van der Waals surface area contributed by atoms with Gasteiger partial charge in [-0.25, -0.2) is 4.39 Å². The highest BCUT2D eigenvalue weighted by molar-refractivity contribution is 5.91. The number of hydrogen-bond acceptors (Lipinski definition) is 2. The lowest BCUT2D eigenvalue weighted by Crippen LogP contribution is -2.23. The second kappa shape index (κ2) is 8.76. The second-order valence-electron chi connectivity index (χ2n) is 4.95. The molecule has 1 N–H and O–H groups in total. The molecule has 2 rings (SSSR count). The van der Waals surface area contributed by atoms with Crippen LogP contribution in [0.4, 0.5) is 13.2 Å². The lowest BCUT2D eigenvalue weighted by atomic mass is 10.1. The van der Waals surface area contributed by atoms with E-state index in [0.717, 1.165) is 5.56 Å². The van der Waals surface area contributed by atoms with Gasteiger partial charge in [0.05, 0.1) is 0 Å². The van der Waals surface area contributed by atoms with Crippen molar-refractivity contribution in [3.63, 3.8) is 0 Å². The Labute approximate surface area is 137 Å². The summed E-state index contributed by atoms with van der Waals surface area (Å²) in [5, 5.41) is 2.69. The van der Waals surface area contributed by atoms with Crippen LogP contribution in [0.25, 0.3) is 6.08 Å². The molecule has 1 amide bonds. The molecule has 2 aromatic rings. The molecular formula is C18H16F3NO2. The predicted molar refractivity (Wildman–Crippen MR) is 85.2 cm³/mol. The first-order chi connectivity index (χ1) is 11.5. The van der Waals surface area contributed by atoms with Crippen molar-refractivity contribution in [2.24, 2.45) is 0 Å². The summed E-state index contributed by atoms with van der Waals surface area (Å²) in [6, 6.07) is 12.1. The number of benzene rings is 2. The van der Waals surface area contributed by atoms with Crippen molar-refractivity contribution >= 4 is 12.0 Å². The average molecular weight is 335 g/mol. The van der Waals surface area contributed by atoms with E-state index in [4.69, 9.17) is 0 Å². The Hall–Kier alpha value is -2.76. The highest BCUT2D eigenvalue weighted by Crippen LogP contribution is 2.15. The van der Waals surface area contributed by atoms with Crippen LogP contribution in [-0.4, -0.2) is 19.1 Å². The van der Waals surface area contributed by atoms with Gasteiger partial charge < -0.3 is 10.1 Å². The molecule has 0 aliphatic rings. The average Bonchev–Trinajstić information content (AvgIpc) is 2.54. The van der Waals surface area contributed by atoms with Crippen molar-refractivity contribution in [1.82, 2.24) is 5.32 Å². The fraction of sp³-hybridized carbons (Fsp3) is 0.167.